The fraction of sp³-hybridized carbons (Fsp3) is 0.333. The molecule has 0 saturated carbocycles. The number of imide groups is 1. The average Bonchev–Trinajstić information content (AvgIpc) is 2.69. The quantitative estimate of drug-likeness (QED) is 0.821. The van der Waals surface area contributed by atoms with E-state index in [1.54, 1.807) is 6.92 Å². The van der Waals surface area contributed by atoms with Gasteiger partial charge in [-0.2, -0.15) is 0 Å². The van der Waals surface area contributed by atoms with Gasteiger partial charge in [-0.3, -0.25) is 14.5 Å². The molecule has 7 heteroatoms. The molecule has 1 fully saturated rings. The van der Waals surface area contributed by atoms with Gasteiger partial charge in [-0.05, 0) is 24.3 Å². The smallest absolute Gasteiger partial charge is 0.240 e. The lowest BCUT2D eigenvalue weighted by molar-refractivity contribution is -0.121. The first-order chi connectivity index (χ1) is 8.95. The van der Waals surface area contributed by atoms with E-state index < -0.39 is 10.0 Å². The lowest BCUT2D eigenvalue weighted by Crippen LogP contribution is -2.28. The van der Waals surface area contributed by atoms with Crippen LogP contribution in [0, 0.1) is 0 Å². The van der Waals surface area contributed by atoms with Crippen LogP contribution in [-0.2, 0) is 19.6 Å². The van der Waals surface area contributed by atoms with E-state index in [1.165, 1.54) is 24.3 Å². The summed E-state index contributed by atoms with van der Waals surface area (Å²) in [4.78, 5) is 24.3. The highest BCUT2D eigenvalue weighted by Gasteiger charge is 2.30. The molecule has 0 atom stereocenters. The molecule has 0 spiro atoms. The van der Waals surface area contributed by atoms with E-state index in [9.17, 15) is 18.0 Å². The molecule has 0 aromatic heterocycles. The van der Waals surface area contributed by atoms with Crippen LogP contribution in [0.1, 0.15) is 19.8 Å². The van der Waals surface area contributed by atoms with Crippen molar-refractivity contribution in [1.29, 1.82) is 0 Å². The number of rotatable bonds is 4. The molecule has 1 aromatic carbocycles. The second kappa shape index (κ2) is 5.10. The standard InChI is InChI=1S/C12H14N2O4S/c1-2-13-19(17,18)10-5-3-9(4-6-10)14-11(15)7-8-12(14)16/h3-6,13H,2,7-8H2,1H3. The van der Waals surface area contributed by atoms with Crippen LogP contribution in [-0.4, -0.2) is 26.8 Å². The maximum Gasteiger partial charge on any atom is 0.240 e. The summed E-state index contributed by atoms with van der Waals surface area (Å²) in [5, 5.41) is 0. The zero-order valence-electron chi connectivity index (χ0n) is 10.4. The van der Waals surface area contributed by atoms with Gasteiger partial charge in [0.1, 0.15) is 0 Å². The third-order valence-corrected chi connectivity index (χ3v) is 4.35. The number of nitrogens with one attached hydrogen (secondary N) is 1. The Morgan fingerprint density at radius 1 is 1.11 bits per heavy atom. The number of nitrogens with zero attached hydrogens (tertiary/aromatic N) is 1. The van der Waals surface area contributed by atoms with E-state index in [0.29, 0.717) is 12.2 Å². The van der Waals surface area contributed by atoms with Crippen molar-refractivity contribution in [1.82, 2.24) is 4.72 Å². The van der Waals surface area contributed by atoms with Crippen molar-refractivity contribution in [2.45, 2.75) is 24.7 Å². The van der Waals surface area contributed by atoms with E-state index in [-0.39, 0.29) is 29.6 Å². The number of hydrogen-bond donors (Lipinski definition) is 1. The maximum absolute atomic E-state index is 11.7. The van der Waals surface area contributed by atoms with E-state index in [2.05, 4.69) is 4.72 Å². The van der Waals surface area contributed by atoms with Crippen molar-refractivity contribution in [3.05, 3.63) is 24.3 Å². The van der Waals surface area contributed by atoms with Crippen molar-refractivity contribution < 1.29 is 18.0 Å². The number of amides is 2. The van der Waals surface area contributed by atoms with E-state index >= 15 is 0 Å². The minimum Gasteiger partial charge on any atom is -0.274 e. The molecule has 1 saturated heterocycles. The molecule has 0 radical (unpaired) electrons. The van der Waals surface area contributed by atoms with Crippen molar-refractivity contribution in [3.63, 3.8) is 0 Å². The molecule has 0 bridgehead atoms. The monoisotopic (exact) mass is 282 g/mol. The molecule has 1 aliphatic rings. The fourth-order valence-electron chi connectivity index (χ4n) is 1.91. The first kappa shape index (κ1) is 13.7. The van der Waals surface area contributed by atoms with Crippen molar-refractivity contribution >= 4 is 27.5 Å². The van der Waals surface area contributed by atoms with Crippen LogP contribution in [0.3, 0.4) is 0 Å². The third-order valence-electron chi connectivity index (χ3n) is 2.79. The minimum absolute atomic E-state index is 0.109. The summed E-state index contributed by atoms with van der Waals surface area (Å²) < 4.78 is 25.8. The van der Waals surface area contributed by atoms with Gasteiger partial charge in [0.2, 0.25) is 21.8 Å². The Labute approximate surface area is 111 Å². The molecular formula is C12H14N2O4S. The number of hydrogen-bond acceptors (Lipinski definition) is 4. The Kier molecular flexibility index (Phi) is 3.68. The van der Waals surface area contributed by atoms with Crippen LogP contribution in [0.5, 0.6) is 0 Å². The number of carbonyl (C=O) groups is 2. The van der Waals surface area contributed by atoms with Gasteiger partial charge in [-0.15, -0.1) is 0 Å². The molecule has 0 unspecified atom stereocenters. The van der Waals surface area contributed by atoms with Gasteiger partial charge in [-0.25, -0.2) is 13.1 Å². The van der Waals surface area contributed by atoms with Crippen LogP contribution < -0.4 is 9.62 Å². The highest BCUT2D eigenvalue weighted by atomic mass is 32.2. The first-order valence-electron chi connectivity index (χ1n) is 5.91. The van der Waals surface area contributed by atoms with E-state index in [0.717, 1.165) is 4.90 Å². The summed E-state index contributed by atoms with van der Waals surface area (Å²) in [5.41, 5.74) is 0.406. The summed E-state index contributed by atoms with van der Waals surface area (Å²) in [6.45, 7) is 1.99. The molecule has 1 heterocycles. The van der Waals surface area contributed by atoms with E-state index in [4.69, 9.17) is 0 Å². The van der Waals surface area contributed by atoms with Gasteiger partial charge >= 0.3 is 0 Å². The Morgan fingerprint density at radius 3 is 2.11 bits per heavy atom. The second-order valence-corrected chi connectivity index (χ2v) is 5.89. The Bertz CT molecular complexity index is 591. The summed E-state index contributed by atoms with van der Waals surface area (Å²) in [6.07, 6.45) is 0.409. The molecule has 2 amide bonds. The van der Waals surface area contributed by atoms with Crippen LogP contribution in [0.15, 0.2) is 29.2 Å². The predicted molar refractivity (Wildman–Crippen MR) is 69.0 cm³/mol. The van der Waals surface area contributed by atoms with Crippen molar-refractivity contribution in [2.75, 3.05) is 11.4 Å². The Hall–Kier alpha value is -1.73. The lowest BCUT2D eigenvalue weighted by atomic mass is 10.3. The summed E-state index contributed by atoms with van der Waals surface area (Å²) in [6, 6.07) is 5.69. The summed E-state index contributed by atoms with van der Waals surface area (Å²) in [5.74, 6) is -0.514. The van der Waals surface area contributed by atoms with Gasteiger partial charge in [0.15, 0.2) is 0 Å². The van der Waals surface area contributed by atoms with Gasteiger partial charge in [0.25, 0.3) is 0 Å². The van der Waals surface area contributed by atoms with Gasteiger partial charge in [-0.1, -0.05) is 6.92 Å². The molecule has 19 heavy (non-hydrogen) atoms. The lowest BCUT2D eigenvalue weighted by Gasteiger charge is -2.14. The van der Waals surface area contributed by atoms with Crippen molar-refractivity contribution in [2.24, 2.45) is 0 Å². The van der Waals surface area contributed by atoms with Crippen LogP contribution >= 0.6 is 0 Å². The second-order valence-electron chi connectivity index (χ2n) is 4.12. The van der Waals surface area contributed by atoms with Crippen LogP contribution in [0.4, 0.5) is 5.69 Å². The number of anilines is 1. The number of sulfonamides is 1. The van der Waals surface area contributed by atoms with Gasteiger partial charge < -0.3 is 0 Å². The molecule has 1 N–H and O–H groups in total. The normalized spacial score (nSPS) is 16.2. The third kappa shape index (κ3) is 2.66. The SMILES string of the molecule is CCNS(=O)(=O)c1ccc(N2C(=O)CCC2=O)cc1. The maximum atomic E-state index is 11.7. The summed E-state index contributed by atoms with van der Waals surface area (Å²) in [7, 11) is -3.52. The molecule has 1 aromatic rings. The first-order valence-corrected chi connectivity index (χ1v) is 7.39. The fourth-order valence-corrected chi connectivity index (χ4v) is 2.95. The van der Waals surface area contributed by atoms with Crippen molar-refractivity contribution in [3.8, 4) is 0 Å². The highest BCUT2D eigenvalue weighted by Crippen LogP contribution is 2.23. The average molecular weight is 282 g/mol. The number of carbonyl (C=O) groups excluding carboxylic acids is 2. The zero-order chi connectivity index (χ0) is 14.0. The van der Waals surface area contributed by atoms with E-state index in [1.807, 2.05) is 0 Å². The Balaban J connectivity index is 2.29. The number of benzene rings is 1. The largest absolute Gasteiger partial charge is 0.274 e. The van der Waals surface area contributed by atoms with Gasteiger partial charge in [0, 0.05) is 19.4 Å². The minimum atomic E-state index is -3.52. The molecular weight excluding hydrogens is 268 g/mol. The molecule has 1 aliphatic heterocycles. The Morgan fingerprint density at radius 2 is 1.63 bits per heavy atom. The molecule has 6 nitrogen and oxygen atoms in total. The molecule has 2 rings (SSSR count). The zero-order valence-corrected chi connectivity index (χ0v) is 11.2. The molecule has 102 valence electrons. The topological polar surface area (TPSA) is 83.6 Å². The summed E-state index contributed by atoms with van der Waals surface area (Å²) >= 11 is 0. The molecule has 0 aliphatic carbocycles. The van der Waals surface area contributed by atoms with Crippen LogP contribution in [0.2, 0.25) is 0 Å². The van der Waals surface area contributed by atoms with Crippen LogP contribution in [0.25, 0.3) is 0 Å². The van der Waals surface area contributed by atoms with Gasteiger partial charge in [0.05, 0.1) is 10.6 Å². The highest BCUT2D eigenvalue weighted by molar-refractivity contribution is 7.89. The predicted octanol–water partition coefficient (Wildman–Crippen LogP) is 0.638.